The Morgan fingerprint density at radius 2 is 1.79 bits per heavy atom. The highest BCUT2D eigenvalue weighted by Gasteiger charge is 2.37. The summed E-state index contributed by atoms with van der Waals surface area (Å²) in [6.07, 6.45) is 0. The van der Waals surface area contributed by atoms with E-state index in [2.05, 4.69) is 22.2 Å². The second-order valence-corrected chi connectivity index (χ2v) is 7.51. The lowest BCUT2D eigenvalue weighted by Crippen LogP contribution is -2.51. The number of ether oxygens (including phenoxy) is 1. The number of nitrogens with zero attached hydrogens (tertiary/aromatic N) is 3. The van der Waals surface area contributed by atoms with Crippen molar-refractivity contribution in [3.05, 3.63) is 46.7 Å². The molecule has 1 N–H and O–H groups in total. The van der Waals surface area contributed by atoms with Crippen LogP contribution >= 0.6 is 0 Å². The molecular weight excluding hydrogens is 356 g/mol. The molecule has 0 aromatic heterocycles. The predicted octanol–water partition coefficient (Wildman–Crippen LogP) is 1.76. The maximum absolute atomic E-state index is 12.9. The molecule has 0 bridgehead atoms. The first kappa shape index (κ1) is 20.4. The van der Waals surface area contributed by atoms with E-state index >= 15 is 0 Å². The van der Waals surface area contributed by atoms with Crippen molar-refractivity contribution in [3.63, 3.8) is 0 Å². The van der Waals surface area contributed by atoms with E-state index in [4.69, 9.17) is 4.74 Å². The van der Waals surface area contributed by atoms with E-state index in [0.29, 0.717) is 18.7 Å². The molecule has 0 unspecified atom stereocenters. The molecule has 0 aliphatic carbocycles. The number of carbonyl (C=O) groups is 2. The van der Waals surface area contributed by atoms with Gasteiger partial charge in [0.2, 0.25) is 0 Å². The summed E-state index contributed by atoms with van der Waals surface area (Å²) in [5, 5.41) is 2.97. The number of likely N-dealkylation sites (N-methyl/N-ethyl adjacent to an activating group) is 2. The van der Waals surface area contributed by atoms with Crippen LogP contribution in [0, 0.1) is 6.92 Å². The van der Waals surface area contributed by atoms with Crippen LogP contribution in [-0.4, -0.2) is 80.1 Å². The molecule has 0 saturated carbocycles. The molecule has 7 heteroatoms. The minimum absolute atomic E-state index is 0.206. The molecule has 152 valence electrons. The zero-order valence-corrected chi connectivity index (χ0v) is 17.2. The summed E-state index contributed by atoms with van der Waals surface area (Å²) in [7, 11) is 3.82. The van der Waals surface area contributed by atoms with Gasteiger partial charge in [-0.3, -0.25) is 9.80 Å². The number of esters is 1. The monoisotopic (exact) mass is 386 g/mol. The van der Waals surface area contributed by atoms with Crippen molar-refractivity contribution >= 4 is 12.0 Å². The van der Waals surface area contributed by atoms with Crippen LogP contribution in [0.2, 0.25) is 0 Å². The van der Waals surface area contributed by atoms with Gasteiger partial charge in [-0.15, -0.1) is 0 Å². The van der Waals surface area contributed by atoms with Crippen molar-refractivity contribution in [2.45, 2.75) is 19.9 Å². The topological polar surface area (TPSA) is 65.1 Å². The number of rotatable bonds is 5. The van der Waals surface area contributed by atoms with Gasteiger partial charge < -0.3 is 15.0 Å². The van der Waals surface area contributed by atoms with Crippen LogP contribution in [0.3, 0.4) is 0 Å². The van der Waals surface area contributed by atoms with Gasteiger partial charge in [0.25, 0.3) is 0 Å². The van der Waals surface area contributed by atoms with Crippen LogP contribution < -0.4 is 5.32 Å². The molecule has 2 aliphatic rings. The standard InChI is InChI=1S/C21H30N4O3/c1-5-28-20(26)18-17(14-25-12-10-23(3)11-13-25)24(4)21(27)22-19(18)16-8-6-15(2)7-9-16/h6-9,19H,5,10-14H2,1-4H3,(H,22,27)/t19-/m1/s1. The Morgan fingerprint density at radius 3 is 2.39 bits per heavy atom. The Labute approximate surface area is 166 Å². The summed E-state index contributed by atoms with van der Waals surface area (Å²) >= 11 is 0. The Balaban J connectivity index is 2.00. The summed E-state index contributed by atoms with van der Waals surface area (Å²) in [5.74, 6) is -0.371. The van der Waals surface area contributed by atoms with E-state index < -0.39 is 6.04 Å². The maximum atomic E-state index is 12.9. The molecule has 0 radical (unpaired) electrons. The van der Waals surface area contributed by atoms with Crippen LogP contribution in [0.1, 0.15) is 24.1 Å². The van der Waals surface area contributed by atoms with Crippen molar-refractivity contribution in [2.24, 2.45) is 0 Å². The molecule has 2 amide bonds. The van der Waals surface area contributed by atoms with Gasteiger partial charge in [-0.05, 0) is 26.5 Å². The number of hydrogen-bond acceptors (Lipinski definition) is 5. The normalized spacial score (nSPS) is 21.6. The molecule has 1 fully saturated rings. The number of nitrogens with one attached hydrogen (secondary N) is 1. The largest absolute Gasteiger partial charge is 0.463 e. The summed E-state index contributed by atoms with van der Waals surface area (Å²) < 4.78 is 5.38. The lowest BCUT2D eigenvalue weighted by atomic mass is 9.93. The predicted molar refractivity (Wildman–Crippen MR) is 108 cm³/mol. The van der Waals surface area contributed by atoms with Gasteiger partial charge in [-0.2, -0.15) is 0 Å². The van der Waals surface area contributed by atoms with Crippen molar-refractivity contribution in [2.75, 3.05) is 53.4 Å². The van der Waals surface area contributed by atoms with Gasteiger partial charge in [0, 0.05) is 45.5 Å². The molecule has 3 rings (SSSR count). The number of piperazine rings is 1. The quantitative estimate of drug-likeness (QED) is 0.781. The maximum Gasteiger partial charge on any atom is 0.338 e. The highest BCUT2D eigenvalue weighted by molar-refractivity contribution is 5.95. The Bertz CT molecular complexity index is 751. The minimum Gasteiger partial charge on any atom is -0.463 e. The zero-order chi connectivity index (χ0) is 20.3. The summed E-state index contributed by atoms with van der Waals surface area (Å²) in [6, 6.07) is 7.18. The average Bonchev–Trinajstić information content (AvgIpc) is 2.67. The molecule has 1 atom stereocenters. The summed E-state index contributed by atoms with van der Waals surface area (Å²) in [5.41, 5.74) is 3.25. The first-order valence-electron chi connectivity index (χ1n) is 9.82. The Kier molecular flexibility index (Phi) is 6.36. The second kappa shape index (κ2) is 8.75. The number of urea groups is 1. The van der Waals surface area contributed by atoms with Crippen LogP contribution in [0.5, 0.6) is 0 Å². The molecule has 7 nitrogen and oxygen atoms in total. The molecular formula is C21H30N4O3. The number of benzene rings is 1. The first-order chi connectivity index (χ1) is 13.4. The Morgan fingerprint density at radius 1 is 1.14 bits per heavy atom. The number of amides is 2. The summed E-state index contributed by atoms with van der Waals surface area (Å²) in [4.78, 5) is 31.7. The van der Waals surface area contributed by atoms with Crippen molar-refractivity contribution < 1.29 is 14.3 Å². The van der Waals surface area contributed by atoms with E-state index in [1.165, 1.54) is 0 Å². The first-order valence-corrected chi connectivity index (χ1v) is 9.82. The molecule has 28 heavy (non-hydrogen) atoms. The van der Waals surface area contributed by atoms with Crippen LogP contribution in [0.25, 0.3) is 0 Å². The highest BCUT2D eigenvalue weighted by atomic mass is 16.5. The van der Waals surface area contributed by atoms with Crippen molar-refractivity contribution in [1.29, 1.82) is 0 Å². The average molecular weight is 386 g/mol. The van der Waals surface area contributed by atoms with E-state index in [-0.39, 0.29) is 12.0 Å². The zero-order valence-electron chi connectivity index (χ0n) is 17.2. The van der Waals surface area contributed by atoms with E-state index in [9.17, 15) is 9.59 Å². The minimum atomic E-state index is -0.509. The number of hydrogen-bond donors (Lipinski definition) is 1. The van der Waals surface area contributed by atoms with Crippen molar-refractivity contribution in [3.8, 4) is 0 Å². The van der Waals surface area contributed by atoms with Crippen LogP contribution in [0.4, 0.5) is 4.79 Å². The lowest BCUT2D eigenvalue weighted by Gasteiger charge is -2.38. The molecule has 2 heterocycles. The van der Waals surface area contributed by atoms with Crippen molar-refractivity contribution in [1.82, 2.24) is 20.0 Å². The third kappa shape index (κ3) is 4.36. The third-order valence-electron chi connectivity index (χ3n) is 5.45. The van der Waals surface area contributed by atoms with Crippen LogP contribution in [0.15, 0.2) is 35.5 Å². The number of aryl methyl sites for hydroxylation is 1. The fraction of sp³-hybridized carbons (Fsp3) is 0.524. The van der Waals surface area contributed by atoms with E-state index in [1.54, 1.807) is 18.9 Å². The van der Waals surface area contributed by atoms with Gasteiger partial charge in [-0.25, -0.2) is 9.59 Å². The SMILES string of the molecule is CCOC(=O)C1=C(CN2CCN(C)CC2)N(C)C(=O)N[C@@H]1c1ccc(C)cc1. The van der Waals surface area contributed by atoms with E-state index in [1.807, 2.05) is 31.2 Å². The van der Waals surface area contributed by atoms with Gasteiger partial charge in [0.1, 0.15) is 0 Å². The molecule has 0 spiro atoms. The fourth-order valence-electron chi connectivity index (χ4n) is 3.62. The molecule has 2 aliphatic heterocycles. The molecule has 1 aromatic rings. The molecule has 1 aromatic carbocycles. The van der Waals surface area contributed by atoms with E-state index in [0.717, 1.165) is 43.0 Å². The smallest absolute Gasteiger partial charge is 0.338 e. The van der Waals surface area contributed by atoms with Gasteiger partial charge >= 0.3 is 12.0 Å². The number of carbonyl (C=O) groups excluding carboxylic acids is 2. The Hall–Kier alpha value is -2.38. The fourth-order valence-corrected chi connectivity index (χ4v) is 3.62. The van der Waals surface area contributed by atoms with Crippen LogP contribution in [-0.2, 0) is 9.53 Å². The second-order valence-electron chi connectivity index (χ2n) is 7.51. The highest BCUT2D eigenvalue weighted by Crippen LogP contribution is 2.31. The summed E-state index contributed by atoms with van der Waals surface area (Å²) in [6.45, 7) is 8.40. The van der Waals surface area contributed by atoms with Gasteiger partial charge in [0.15, 0.2) is 0 Å². The lowest BCUT2D eigenvalue weighted by molar-refractivity contribution is -0.139. The third-order valence-corrected chi connectivity index (χ3v) is 5.45. The van der Waals surface area contributed by atoms with Gasteiger partial charge in [0.05, 0.1) is 18.2 Å². The molecule has 1 saturated heterocycles. The van der Waals surface area contributed by atoms with Gasteiger partial charge in [-0.1, -0.05) is 29.8 Å².